The number of alkyl halides is 3. The van der Waals surface area contributed by atoms with Gasteiger partial charge in [0.15, 0.2) is 5.82 Å². The van der Waals surface area contributed by atoms with E-state index in [1.54, 1.807) is 0 Å². The third kappa shape index (κ3) is 2.62. The van der Waals surface area contributed by atoms with Crippen LogP contribution in [0.3, 0.4) is 0 Å². The third-order valence-electron chi connectivity index (χ3n) is 3.32. The quantitative estimate of drug-likeness (QED) is 0.866. The van der Waals surface area contributed by atoms with Crippen molar-refractivity contribution in [3.8, 4) is 0 Å². The summed E-state index contributed by atoms with van der Waals surface area (Å²) in [6.07, 6.45) is -4.54. The van der Waals surface area contributed by atoms with Crippen molar-refractivity contribution in [1.29, 1.82) is 0 Å². The summed E-state index contributed by atoms with van der Waals surface area (Å²) >= 11 is 0. The second-order valence-corrected chi connectivity index (χ2v) is 5.12. The molecule has 2 rings (SSSR count). The van der Waals surface area contributed by atoms with Crippen LogP contribution < -0.4 is 5.73 Å². The average molecular weight is 291 g/mol. The van der Waals surface area contributed by atoms with Gasteiger partial charge < -0.3 is 15.2 Å². The maximum Gasteiger partial charge on any atom is 0.451 e. The lowest BCUT2D eigenvalue weighted by Gasteiger charge is -2.31. The highest BCUT2D eigenvalue weighted by atomic mass is 19.4. The zero-order valence-electron chi connectivity index (χ0n) is 11.2. The van der Waals surface area contributed by atoms with Crippen molar-refractivity contribution in [2.24, 2.45) is 11.7 Å². The number of aromatic nitrogens is 3. The molecule has 1 unspecified atom stereocenters. The molecule has 2 heterocycles. The first kappa shape index (κ1) is 14.8. The molecule has 0 saturated carbocycles. The lowest BCUT2D eigenvalue weighted by atomic mass is 10.0. The fourth-order valence-corrected chi connectivity index (χ4v) is 2.05. The minimum atomic E-state index is -4.54. The number of nitrogens with two attached hydrogens (primary N) is 1. The second-order valence-electron chi connectivity index (χ2n) is 5.12. The zero-order valence-corrected chi connectivity index (χ0v) is 11.2. The number of rotatable bonds is 2. The zero-order chi connectivity index (χ0) is 15.1. The Kier molecular flexibility index (Phi) is 3.72. The van der Waals surface area contributed by atoms with Crippen LogP contribution in [0, 0.1) is 5.92 Å². The van der Waals surface area contributed by atoms with Gasteiger partial charge in [0.05, 0.1) is 12.6 Å². The number of carbonyl (C=O) groups is 1. The molecule has 1 aliphatic heterocycles. The van der Waals surface area contributed by atoms with Crippen molar-refractivity contribution in [3.63, 3.8) is 0 Å². The van der Waals surface area contributed by atoms with Crippen LogP contribution in [0.5, 0.6) is 0 Å². The van der Waals surface area contributed by atoms with E-state index in [-0.39, 0.29) is 37.3 Å². The lowest BCUT2D eigenvalue weighted by Crippen LogP contribution is -2.49. The molecule has 6 nitrogen and oxygen atoms in total. The molecule has 1 aliphatic rings. The largest absolute Gasteiger partial charge is 0.451 e. The van der Waals surface area contributed by atoms with Gasteiger partial charge in [0.1, 0.15) is 0 Å². The maximum atomic E-state index is 12.7. The molecule has 1 amide bonds. The molecule has 1 aromatic heterocycles. The summed E-state index contributed by atoms with van der Waals surface area (Å²) in [6, 6.07) is -0.661. The first-order chi connectivity index (χ1) is 9.21. The van der Waals surface area contributed by atoms with E-state index in [4.69, 9.17) is 5.73 Å². The van der Waals surface area contributed by atoms with Crippen LogP contribution in [0.1, 0.15) is 25.5 Å². The minimum absolute atomic E-state index is 0.00231. The molecule has 0 aromatic carbocycles. The molecule has 0 spiro atoms. The lowest BCUT2D eigenvalue weighted by molar-refractivity contribution is -0.148. The Balaban J connectivity index is 2.17. The molecule has 0 aliphatic carbocycles. The fraction of sp³-hybridized carbons (Fsp3) is 0.727. The Labute approximate surface area is 113 Å². The molecule has 9 heteroatoms. The Morgan fingerprint density at radius 1 is 1.30 bits per heavy atom. The summed E-state index contributed by atoms with van der Waals surface area (Å²) in [7, 11) is 0. The van der Waals surface area contributed by atoms with Gasteiger partial charge >= 0.3 is 6.18 Å². The molecular weight excluding hydrogens is 275 g/mol. The van der Waals surface area contributed by atoms with Crippen LogP contribution in [0.15, 0.2) is 0 Å². The van der Waals surface area contributed by atoms with E-state index in [0.717, 1.165) is 4.57 Å². The number of hydrogen-bond acceptors (Lipinski definition) is 4. The average Bonchev–Trinajstić information content (AvgIpc) is 2.79. The number of fused-ring (bicyclic) bond motifs is 1. The molecule has 0 bridgehead atoms. The standard InChI is InChI=1S/C11H16F3N5O/c1-6(2)8(15)9(20)18-3-4-19-7(5-18)16-17-10(19)11(12,13)14/h6,8H,3-5,15H2,1-2H3. The van der Waals surface area contributed by atoms with E-state index in [9.17, 15) is 18.0 Å². The second kappa shape index (κ2) is 5.04. The summed E-state index contributed by atoms with van der Waals surface area (Å²) < 4.78 is 39.0. The van der Waals surface area contributed by atoms with Gasteiger partial charge in [0, 0.05) is 13.1 Å². The maximum absolute atomic E-state index is 12.7. The van der Waals surface area contributed by atoms with Crippen LogP contribution >= 0.6 is 0 Å². The molecule has 2 N–H and O–H groups in total. The molecule has 1 aromatic rings. The predicted molar refractivity (Wildman–Crippen MR) is 63.3 cm³/mol. The van der Waals surface area contributed by atoms with E-state index in [1.807, 2.05) is 13.8 Å². The summed E-state index contributed by atoms with van der Waals surface area (Å²) in [5, 5.41) is 6.68. The van der Waals surface area contributed by atoms with Crippen LogP contribution in [0.4, 0.5) is 13.2 Å². The van der Waals surface area contributed by atoms with Gasteiger partial charge in [-0.25, -0.2) is 0 Å². The predicted octanol–water partition coefficient (Wildman–Crippen LogP) is 0.622. The summed E-state index contributed by atoms with van der Waals surface area (Å²) in [5.41, 5.74) is 5.77. The van der Waals surface area contributed by atoms with Crippen LogP contribution in [0.2, 0.25) is 0 Å². The van der Waals surface area contributed by atoms with Gasteiger partial charge in [-0.2, -0.15) is 13.2 Å². The number of halogens is 3. The first-order valence-electron chi connectivity index (χ1n) is 6.25. The monoisotopic (exact) mass is 291 g/mol. The van der Waals surface area contributed by atoms with Gasteiger partial charge in [0.2, 0.25) is 11.7 Å². The summed E-state index contributed by atoms with van der Waals surface area (Å²) in [6.45, 7) is 3.83. The van der Waals surface area contributed by atoms with Crippen molar-refractivity contribution in [3.05, 3.63) is 11.6 Å². The smallest absolute Gasteiger partial charge is 0.332 e. The topological polar surface area (TPSA) is 77.0 Å². The number of carbonyl (C=O) groups excluding carboxylic acids is 1. The molecule has 0 fully saturated rings. The molecule has 20 heavy (non-hydrogen) atoms. The molecule has 0 saturated heterocycles. The van der Waals surface area contributed by atoms with Crippen molar-refractivity contribution in [2.75, 3.05) is 6.54 Å². The Morgan fingerprint density at radius 3 is 2.50 bits per heavy atom. The molecular formula is C11H16F3N5O. The Bertz CT molecular complexity index is 511. The van der Waals surface area contributed by atoms with Crippen LogP contribution in [-0.4, -0.2) is 38.2 Å². The summed E-state index contributed by atoms with van der Waals surface area (Å²) in [4.78, 5) is 13.5. The Hall–Kier alpha value is -1.64. The molecule has 0 radical (unpaired) electrons. The Morgan fingerprint density at radius 2 is 1.95 bits per heavy atom. The van der Waals surface area contributed by atoms with Gasteiger partial charge in [0.25, 0.3) is 0 Å². The van der Waals surface area contributed by atoms with E-state index in [0.29, 0.717) is 0 Å². The highest BCUT2D eigenvalue weighted by Gasteiger charge is 2.40. The van der Waals surface area contributed by atoms with Gasteiger partial charge in [-0.05, 0) is 5.92 Å². The van der Waals surface area contributed by atoms with Gasteiger partial charge in [-0.1, -0.05) is 13.8 Å². The highest BCUT2D eigenvalue weighted by molar-refractivity contribution is 5.81. The number of nitrogens with zero attached hydrogens (tertiary/aromatic N) is 4. The van der Waals surface area contributed by atoms with Crippen molar-refractivity contribution in [1.82, 2.24) is 19.7 Å². The first-order valence-corrected chi connectivity index (χ1v) is 6.25. The highest BCUT2D eigenvalue weighted by Crippen LogP contribution is 2.29. The van der Waals surface area contributed by atoms with E-state index in [2.05, 4.69) is 10.2 Å². The van der Waals surface area contributed by atoms with E-state index in [1.165, 1.54) is 4.90 Å². The number of amides is 1. The van der Waals surface area contributed by atoms with Crippen LogP contribution in [-0.2, 0) is 24.1 Å². The van der Waals surface area contributed by atoms with Crippen LogP contribution in [0.25, 0.3) is 0 Å². The SMILES string of the molecule is CC(C)C(N)C(=O)N1CCn2c(nnc2C(F)(F)F)C1. The molecule has 112 valence electrons. The van der Waals surface area contributed by atoms with E-state index < -0.39 is 18.0 Å². The summed E-state index contributed by atoms with van der Waals surface area (Å²) in [5.74, 6) is -1.20. The third-order valence-corrected chi connectivity index (χ3v) is 3.32. The van der Waals surface area contributed by atoms with Crippen molar-refractivity contribution in [2.45, 2.75) is 39.2 Å². The van der Waals surface area contributed by atoms with E-state index >= 15 is 0 Å². The molecule has 1 atom stereocenters. The van der Waals surface area contributed by atoms with Crippen molar-refractivity contribution < 1.29 is 18.0 Å². The normalized spacial score (nSPS) is 17.2. The number of hydrogen-bond donors (Lipinski definition) is 1. The van der Waals surface area contributed by atoms with Gasteiger partial charge in [-0.15, -0.1) is 10.2 Å². The van der Waals surface area contributed by atoms with Gasteiger partial charge in [-0.3, -0.25) is 4.79 Å². The van der Waals surface area contributed by atoms with Crippen molar-refractivity contribution >= 4 is 5.91 Å². The fourth-order valence-electron chi connectivity index (χ4n) is 2.05. The minimum Gasteiger partial charge on any atom is -0.332 e.